The highest BCUT2D eigenvalue weighted by Crippen LogP contribution is 2.26. The number of rotatable bonds is 2. The number of fused-ring (bicyclic) bond motifs is 3. The van der Waals surface area contributed by atoms with E-state index >= 15 is 0 Å². The van der Waals surface area contributed by atoms with Crippen LogP contribution in [0, 0.1) is 0 Å². The minimum absolute atomic E-state index is 0.0103. The van der Waals surface area contributed by atoms with Gasteiger partial charge in [-0.1, -0.05) is 0 Å². The number of aromatic nitrogens is 1. The van der Waals surface area contributed by atoms with Crippen molar-refractivity contribution in [2.45, 2.75) is 32.6 Å². The Hall–Kier alpha value is -2.10. The van der Waals surface area contributed by atoms with E-state index in [1.165, 1.54) is 0 Å². The Morgan fingerprint density at radius 1 is 1.25 bits per heavy atom. The first-order chi connectivity index (χ1) is 9.70. The van der Waals surface area contributed by atoms with Crippen molar-refractivity contribution in [3.8, 4) is 0 Å². The fourth-order valence-electron chi connectivity index (χ4n) is 2.90. The topological polar surface area (TPSA) is 59.2 Å². The molecule has 0 aliphatic heterocycles. The van der Waals surface area contributed by atoms with Crippen LogP contribution in [-0.4, -0.2) is 17.6 Å². The Bertz CT molecular complexity index is 730. The fourth-order valence-corrected chi connectivity index (χ4v) is 2.90. The predicted molar refractivity (Wildman–Crippen MR) is 77.2 cm³/mol. The van der Waals surface area contributed by atoms with E-state index < -0.39 is 0 Å². The summed E-state index contributed by atoms with van der Waals surface area (Å²) < 4.78 is 5.03. The van der Waals surface area contributed by atoms with E-state index in [1.54, 1.807) is 19.1 Å². The summed E-state index contributed by atoms with van der Waals surface area (Å²) in [7, 11) is 0. The average Bonchev–Trinajstić information content (AvgIpc) is 2.47. The lowest BCUT2D eigenvalue weighted by Gasteiger charge is -2.17. The van der Waals surface area contributed by atoms with Gasteiger partial charge < -0.3 is 9.72 Å². The largest absolute Gasteiger partial charge is 0.462 e. The van der Waals surface area contributed by atoms with Gasteiger partial charge in [-0.25, -0.2) is 4.79 Å². The highest BCUT2D eigenvalue weighted by atomic mass is 16.5. The summed E-state index contributed by atoms with van der Waals surface area (Å²) in [6.45, 7) is 2.15. The quantitative estimate of drug-likeness (QED) is 0.854. The van der Waals surface area contributed by atoms with E-state index in [2.05, 4.69) is 4.98 Å². The van der Waals surface area contributed by atoms with Crippen LogP contribution >= 0.6 is 0 Å². The van der Waals surface area contributed by atoms with E-state index in [0.717, 1.165) is 47.7 Å². The monoisotopic (exact) mass is 271 g/mol. The van der Waals surface area contributed by atoms with Gasteiger partial charge in [-0.2, -0.15) is 0 Å². The summed E-state index contributed by atoms with van der Waals surface area (Å²) in [5, 5.41) is 0.977. The normalized spacial score (nSPS) is 14.1. The SMILES string of the molecule is CCOC(=O)c1ccc2[nH]c(=O)c3c(c2c1)CCCC3. The molecule has 0 amide bonds. The summed E-state index contributed by atoms with van der Waals surface area (Å²) in [5.74, 6) is -0.315. The Morgan fingerprint density at radius 3 is 2.75 bits per heavy atom. The lowest BCUT2D eigenvalue weighted by molar-refractivity contribution is 0.0526. The molecule has 2 aromatic rings. The first kappa shape index (κ1) is 12.9. The highest BCUT2D eigenvalue weighted by Gasteiger charge is 2.17. The zero-order chi connectivity index (χ0) is 14.1. The molecule has 3 rings (SSSR count). The van der Waals surface area contributed by atoms with Crippen molar-refractivity contribution in [1.82, 2.24) is 4.98 Å². The Morgan fingerprint density at radius 2 is 2.00 bits per heavy atom. The number of esters is 1. The molecule has 1 aliphatic rings. The van der Waals surface area contributed by atoms with Crippen LogP contribution in [0.1, 0.15) is 41.3 Å². The zero-order valence-corrected chi connectivity index (χ0v) is 11.5. The molecule has 104 valence electrons. The van der Waals surface area contributed by atoms with Gasteiger partial charge in [0.05, 0.1) is 12.2 Å². The van der Waals surface area contributed by atoms with E-state index in [9.17, 15) is 9.59 Å². The number of ether oxygens (including phenoxy) is 1. The molecule has 0 spiro atoms. The van der Waals surface area contributed by atoms with Crippen LogP contribution in [-0.2, 0) is 17.6 Å². The number of carbonyl (C=O) groups excluding carboxylic acids is 1. The van der Waals surface area contributed by atoms with E-state index in [0.29, 0.717) is 12.2 Å². The van der Waals surface area contributed by atoms with Gasteiger partial charge in [-0.3, -0.25) is 4.79 Å². The highest BCUT2D eigenvalue weighted by molar-refractivity contribution is 5.95. The van der Waals surface area contributed by atoms with E-state index in [-0.39, 0.29) is 11.5 Å². The molecule has 0 bridgehead atoms. The Balaban J connectivity index is 2.20. The second-order valence-electron chi connectivity index (χ2n) is 5.10. The standard InChI is InChI=1S/C16H17NO3/c1-2-20-16(19)10-7-8-14-13(9-10)11-5-3-4-6-12(11)15(18)17-14/h7-9H,2-6H2,1H3,(H,17,18). The van der Waals surface area contributed by atoms with Crippen molar-refractivity contribution in [1.29, 1.82) is 0 Å². The molecule has 4 nitrogen and oxygen atoms in total. The van der Waals surface area contributed by atoms with Gasteiger partial charge >= 0.3 is 5.97 Å². The Kier molecular flexibility index (Phi) is 3.30. The predicted octanol–water partition coefficient (Wildman–Crippen LogP) is 2.58. The molecular formula is C16H17NO3. The van der Waals surface area contributed by atoms with E-state index in [1.807, 2.05) is 6.07 Å². The summed E-state index contributed by atoms with van der Waals surface area (Å²) in [6, 6.07) is 5.33. The maximum absolute atomic E-state index is 12.1. The van der Waals surface area contributed by atoms with Crippen LogP contribution < -0.4 is 5.56 Å². The molecule has 1 aliphatic carbocycles. The van der Waals surface area contributed by atoms with Gasteiger partial charge in [0, 0.05) is 16.5 Å². The average molecular weight is 271 g/mol. The molecule has 0 saturated heterocycles. The van der Waals surface area contributed by atoms with E-state index in [4.69, 9.17) is 4.74 Å². The third-order valence-electron chi connectivity index (χ3n) is 3.85. The van der Waals surface area contributed by atoms with Crippen LogP contribution in [0.5, 0.6) is 0 Å². The molecule has 0 radical (unpaired) electrons. The minimum Gasteiger partial charge on any atom is -0.462 e. The number of hydrogen-bond donors (Lipinski definition) is 1. The lowest BCUT2D eigenvalue weighted by Crippen LogP contribution is -2.19. The van der Waals surface area contributed by atoms with Gasteiger partial charge in [0.15, 0.2) is 0 Å². The maximum atomic E-state index is 12.1. The number of H-pyrrole nitrogens is 1. The molecule has 0 saturated carbocycles. The van der Waals surface area contributed by atoms with Crippen LogP contribution in [0.4, 0.5) is 0 Å². The zero-order valence-electron chi connectivity index (χ0n) is 11.5. The number of carbonyl (C=O) groups is 1. The van der Waals surface area contributed by atoms with Gasteiger partial charge in [0.2, 0.25) is 0 Å². The van der Waals surface area contributed by atoms with Gasteiger partial charge in [0.1, 0.15) is 0 Å². The first-order valence-corrected chi connectivity index (χ1v) is 7.05. The molecular weight excluding hydrogens is 254 g/mol. The van der Waals surface area contributed by atoms with Gasteiger partial charge in [0.25, 0.3) is 5.56 Å². The minimum atomic E-state index is -0.315. The third-order valence-corrected chi connectivity index (χ3v) is 3.85. The molecule has 0 fully saturated rings. The lowest BCUT2D eigenvalue weighted by atomic mass is 9.89. The summed E-state index contributed by atoms with van der Waals surface area (Å²) in [5.41, 5.74) is 3.32. The van der Waals surface area contributed by atoms with Crippen LogP contribution in [0.15, 0.2) is 23.0 Å². The maximum Gasteiger partial charge on any atom is 0.338 e. The number of aryl methyl sites for hydroxylation is 1. The number of benzene rings is 1. The van der Waals surface area contributed by atoms with Crippen molar-refractivity contribution < 1.29 is 9.53 Å². The number of nitrogens with one attached hydrogen (secondary N) is 1. The molecule has 0 unspecified atom stereocenters. The first-order valence-electron chi connectivity index (χ1n) is 7.05. The van der Waals surface area contributed by atoms with Gasteiger partial charge in [-0.15, -0.1) is 0 Å². The van der Waals surface area contributed by atoms with Crippen LogP contribution in [0.25, 0.3) is 10.9 Å². The second-order valence-corrected chi connectivity index (χ2v) is 5.10. The molecule has 20 heavy (non-hydrogen) atoms. The Labute approximate surface area is 116 Å². The number of pyridine rings is 1. The number of aromatic amines is 1. The smallest absolute Gasteiger partial charge is 0.338 e. The van der Waals surface area contributed by atoms with Crippen molar-refractivity contribution >= 4 is 16.9 Å². The molecule has 1 aromatic heterocycles. The van der Waals surface area contributed by atoms with Gasteiger partial charge in [-0.05, 0) is 56.4 Å². The van der Waals surface area contributed by atoms with Crippen molar-refractivity contribution in [2.75, 3.05) is 6.61 Å². The number of hydrogen-bond acceptors (Lipinski definition) is 3. The van der Waals surface area contributed by atoms with Crippen LogP contribution in [0.2, 0.25) is 0 Å². The molecule has 4 heteroatoms. The molecule has 1 heterocycles. The van der Waals surface area contributed by atoms with Crippen LogP contribution in [0.3, 0.4) is 0 Å². The summed E-state index contributed by atoms with van der Waals surface area (Å²) >= 11 is 0. The van der Waals surface area contributed by atoms with Crippen molar-refractivity contribution in [3.63, 3.8) is 0 Å². The fraction of sp³-hybridized carbons (Fsp3) is 0.375. The summed E-state index contributed by atoms with van der Waals surface area (Å²) in [6.07, 6.45) is 3.88. The third kappa shape index (κ3) is 2.11. The molecule has 1 N–H and O–H groups in total. The second kappa shape index (κ2) is 5.12. The summed E-state index contributed by atoms with van der Waals surface area (Å²) in [4.78, 5) is 26.8. The molecule has 0 atom stereocenters. The van der Waals surface area contributed by atoms with Crippen molar-refractivity contribution in [2.24, 2.45) is 0 Å². The molecule has 1 aromatic carbocycles. The van der Waals surface area contributed by atoms with Crippen molar-refractivity contribution in [3.05, 3.63) is 45.2 Å².